The van der Waals surface area contributed by atoms with Crippen LogP contribution in [0.15, 0.2) is 6.20 Å². The molecule has 6 heteroatoms. The SMILES string of the molecule is O=C1COC2(CCN(c3ncc4c(n3)CCCC4)C2)CN1. The zero-order valence-electron chi connectivity index (χ0n) is 12.1. The van der Waals surface area contributed by atoms with Gasteiger partial charge in [-0.2, -0.15) is 0 Å². The van der Waals surface area contributed by atoms with Crippen molar-refractivity contribution < 1.29 is 9.53 Å². The second-order valence-electron chi connectivity index (χ2n) is 6.27. The molecule has 6 nitrogen and oxygen atoms in total. The van der Waals surface area contributed by atoms with E-state index in [9.17, 15) is 4.79 Å². The Labute approximate surface area is 123 Å². The molecule has 0 radical (unpaired) electrons. The number of carbonyl (C=O) groups is 1. The molecule has 112 valence electrons. The first-order valence-electron chi connectivity index (χ1n) is 7.75. The van der Waals surface area contributed by atoms with Gasteiger partial charge < -0.3 is 15.0 Å². The lowest BCUT2D eigenvalue weighted by molar-refractivity contribution is -0.141. The fourth-order valence-corrected chi connectivity index (χ4v) is 3.47. The van der Waals surface area contributed by atoms with Gasteiger partial charge in [-0.3, -0.25) is 4.79 Å². The third-order valence-electron chi connectivity index (χ3n) is 4.77. The van der Waals surface area contributed by atoms with Crippen LogP contribution in [-0.4, -0.2) is 47.7 Å². The molecule has 1 aromatic heterocycles. The number of anilines is 1. The van der Waals surface area contributed by atoms with Gasteiger partial charge >= 0.3 is 0 Å². The summed E-state index contributed by atoms with van der Waals surface area (Å²) in [6.45, 7) is 2.40. The van der Waals surface area contributed by atoms with Gasteiger partial charge in [0.25, 0.3) is 0 Å². The summed E-state index contributed by atoms with van der Waals surface area (Å²) in [4.78, 5) is 22.7. The maximum Gasteiger partial charge on any atom is 0.246 e. The number of nitrogens with zero attached hydrogens (tertiary/aromatic N) is 3. The lowest BCUT2D eigenvalue weighted by atomic mass is 9.98. The van der Waals surface area contributed by atoms with Gasteiger partial charge in [0.05, 0.1) is 6.54 Å². The van der Waals surface area contributed by atoms with Crippen LogP contribution < -0.4 is 10.2 Å². The van der Waals surface area contributed by atoms with Crippen LogP contribution >= 0.6 is 0 Å². The second-order valence-corrected chi connectivity index (χ2v) is 6.27. The molecule has 1 unspecified atom stereocenters. The zero-order chi connectivity index (χ0) is 14.3. The molecule has 0 aromatic carbocycles. The average molecular weight is 288 g/mol. The molecule has 3 heterocycles. The third-order valence-corrected chi connectivity index (χ3v) is 4.77. The summed E-state index contributed by atoms with van der Waals surface area (Å²) >= 11 is 0. The van der Waals surface area contributed by atoms with E-state index < -0.39 is 0 Å². The van der Waals surface area contributed by atoms with Gasteiger partial charge in [0.15, 0.2) is 0 Å². The summed E-state index contributed by atoms with van der Waals surface area (Å²) < 4.78 is 5.79. The monoisotopic (exact) mass is 288 g/mol. The van der Waals surface area contributed by atoms with E-state index >= 15 is 0 Å². The Bertz CT molecular complexity index is 565. The Kier molecular flexibility index (Phi) is 3.06. The zero-order valence-corrected chi connectivity index (χ0v) is 12.1. The minimum absolute atomic E-state index is 0.0240. The summed E-state index contributed by atoms with van der Waals surface area (Å²) in [6, 6.07) is 0. The Morgan fingerprint density at radius 3 is 3.10 bits per heavy atom. The number of morpholine rings is 1. The highest BCUT2D eigenvalue weighted by Gasteiger charge is 2.43. The number of hydrogen-bond acceptors (Lipinski definition) is 5. The standard InChI is InChI=1S/C15H20N4O2/c20-13-8-21-15(9-17-13)5-6-19(10-15)14-16-7-11-3-1-2-4-12(11)18-14/h7H,1-6,8-10H2,(H,17,20). The molecule has 1 amide bonds. The van der Waals surface area contributed by atoms with Crippen LogP contribution in [0.25, 0.3) is 0 Å². The van der Waals surface area contributed by atoms with Crippen molar-refractivity contribution >= 4 is 11.9 Å². The molecule has 1 aliphatic carbocycles. The normalized spacial score (nSPS) is 28.6. The van der Waals surface area contributed by atoms with E-state index in [1.807, 2.05) is 6.20 Å². The van der Waals surface area contributed by atoms with Gasteiger partial charge in [-0.05, 0) is 37.7 Å². The Morgan fingerprint density at radius 1 is 1.33 bits per heavy atom. The minimum Gasteiger partial charge on any atom is -0.361 e. The minimum atomic E-state index is -0.257. The van der Waals surface area contributed by atoms with E-state index in [1.54, 1.807) is 0 Å². The molecule has 1 N–H and O–H groups in total. The molecule has 1 aromatic rings. The number of fused-ring (bicyclic) bond motifs is 1. The summed E-state index contributed by atoms with van der Waals surface area (Å²) in [5.74, 6) is 0.789. The van der Waals surface area contributed by atoms with Crippen molar-refractivity contribution in [2.75, 3.05) is 31.1 Å². The molecule has 2 saturated heterocycles. The molecule has 0 saturated carbocycles. The number of aryl methyl sites for hydroxylation is 2. The van der Waals surface area contributed by atoms with Crippen molar-refractivity contribution in [2.45, 2.75) is 37.7 Å². The van der Waals surface area contributed by atoms with E-state index in [2.05, 4.69) is 15.2 Å². The summed E-state index contributed by atoms with van der Waals surface area (Å²) in [5.41, 5.74) is 2.26. The predicted molar refractivity (Wildman–Crippen MR) is 77.2 cm³/mol. The van der Waals surface area contributed by atoms with Gasteiger partial charge in [-0.25, -0.2) is 9.97 Å². The molecular weight excluding hydrogens is 268 g/mol. The molecule has 21 heavy (non-hydrogen) atoms. The predicted octanol–water partition coefficient (Wildman–Crippen LogP) is 0.451. The fraction of sp³-hybridized carbons (Fsp3) is 0.667. The highest BCUT2D eigenvalue weighted by molar-refractivity contribution is 5.78. The number of rotatable bonds is 1. The number of carbonyl (C=O) groups excluding carboxylic acids is 1. The maximum absolute atomic E-state index is 11.2. The summed E-state index contributed by atoms with van der Waals surface area (Å²) in [5, 5.41) is 2.91. The molecule has 3 aliphatic rings. The Balaban J connectivity index is 1.51. The van der Waals surface area contributed by atoms with E-state index in [-0.39, 0.29) is 18.1 Å². The Hall–Kier alpha value is -1.69. The van der Waals surface area contributed by atoms with Gasteiger partial charge in [-0.1, -0.05) is 0 Å². The fourth-order valence-electron chi connectivity index (χ4n) is 3.47. The van der Waals surface area contributed by atoms with Gasteiger partial charge in [-0.15, -0.1) is 0 Å². The van der Waals surface area contributed by atoms with Crippen LogP contribution in [-0.2, 0) is 22.4 Å². The molecular formula is C15H20N4O2. The topological polar surface area (TPSA) is 67.3 Å². The molecule has 2 aliphatic heterocycles. The van der Waals surface area contributed by atoms with Crippen molar-refractivity contribution in [1.29, 1.82) is 0 Å². The van der Waals surface area contributed by atoms with Gasteiger partial charge in [0.1, 0.15) is 12.2 Å². The van der Waals surface area contributed by atoms with Crippen molar-refractivity contribution in [3.8, 4) is 0 Å². The van der Waals surface area contributed by atoms with Gasteiger partial charge in [0, 0.05) is 25.0 Å². The summed E-state index contributed by atoms with van der Waals surface area (Å²) in [7, 11) is 0. The third kappa shape index (κ3) is 2.37. The van der Waals surface area contributed by atoms with Crippen molar-refractivity contribution in [1.82, 2.24) is 15.3 Å². The maximum atomic E-state index is 11.2. The average Bonchev–Trinajstić information content (AvgIpc) is 2.94. The Morgan fingerprint density at radius 2 is 2.24 bits per heavy atom. The van der Waals surface area contributed by atoms with Crippen LogP contribution in [0, 0.1) is 0 Å². The van der Waals surface area contributed by atoms with Crippen molar-refractivity contribution in [3.05, 3.63) is 17.5 Å². The largest absolute Gasteiger partial charge is 0.361 e. The quantitative estimate of drug-likeness (QED) is 0.813. The highest BCUT2D eigenvalue weighted by Crippen LogP contribution is 2.30. The molecule has 4 rings (SSSR count). The summed E-state index contributed by atoms with van der Waals surface area (Å²) in [6.07, 6.45) is 7.54. The van der Waals surface area contributed by atoms with E-state index in [0.29, 0.717) is 6.54 Å². The van der Waals surface area contributed by atoms with Crippen molar-refractivity contribution in [3.63, 3.8) is 0 Å². The molecule has 1 spiro atoms. The highest BCUT2D eigenvalue weighted by atomic mass is 16.5. The van der Waals surface area contributed by atoms with Crippen LogP contribution in [0.3, 0.4) is 0 Å². The van der Waals surface area contributed by atoms with Crippen LogP contribution in [0.5, 0.6) is 0 Å². The first kappa shape index (κ1) is 13.0. The lowest BCUT2D eigenvalue weighted by Gasteiger charge is -2.33. The van der Waals surface area contributed by atoms with Crippen LogP contribution in [0.4, 0.5) is 5.95 Å². The van der Waals surface area contributed by atoms with Gasteiger partial charge in [0.2, 0.25) is 11.9 Å². The lowest BCUT2D eigenvalue weighted by Crippen LogP contribution is -2.53. The van der Waals surface area contributed by atoms with E-state index in [1.165, 1.54) is 24.1 Å². The molecule has 2 fully saturated rings. The number of amides is 1. The van der Waals surface area contributed by atoms with E-state index in [0.717, 1.165) is 38.3 Å². The number of aromatic nitrogens is 2. The van der Waals surface area contributed by atoms with E-state index in [4.69, 9.17) is 9.72 Å². The molecule has 1 atom stereocenters. The van der Waals surface area contributed by atoms with Crippen molar-refractivity contribution in [2.24, 2.45) is 0 Å². The first-order valence-corrected chi connectivity index (χ1v) is 7.75. The van der Waals surface area contributed by atoms with Crippen LogP contribution in [0.1, 0.15) is 30.5 Å². The number of ether oxygens (including phenoxy) is 1. The number of nitrogens with one attached hydrogen (secondary N) is 1. The first-order chi connectivity index (χ1) is 10.2. The number of hydrogen-bond donors (Lipinski definition) is 1. The molecule has 0 bridgehead atoms. The second kappa shape index (κ2) is 4.94. The van der Waals surface area contributed by atoms with Crippen LogP contribution in [0.2, 0.25) is 0 Å². The smallest absolute Gasteiger partial charge is 0.246 e.